The molecule has 1 amide bonds. The third kappa shape index (κ3) is 3.30. The zero-order valence-corrected chi connectivity index (χ0v) is 10.1. The summed E-state index contributed by atoms with van der Waals surface area (Å²) in [6.07, 6.45) is 7.99. The van der Waals surface area contributed by atoms with Crippen LogP contribution in [0.3, 0.4) is 0 Å². The van der Waals surface area contributed by atoms with Gasteiger partial charge in [-0.1, -0.05) is 44.2 Å². The summed E-state index contributed by atoms with van der Waals surface area (Å²) in [5.41, 5.74) is 4.09. The second-order valence-corrected chi connectivity index (χ2v) is 4.88. The summed E-state index contributed by atoms with van der Waals surface area (Å²) in [5.74, 6) is 5.70. The minimum atomic E-state index is -0.228. The van der Waals surface area contributed by atoms with Crippen molar-refractivity contribution in [2.24, 2.45) is 11.8 Å². The molecule has 0 heterocycles. The molecule has 3 N–H and O–H groups in total. The number of hydrazine groups is 1. The van der Waals surface area contributed by atoms with E-state index in [2.05, 4.69) is 5.43 Å². The lowest BCUT2D eigenvalue weighted by atomic mass is 9.85. The van der Waals surface area contributed by atoms with E-state index in [4.69, 9.17) is 5.84 Å². The maximum absolute atomic E-state index is 11.3. The quantitative estimate of drug-likeness (QED) is 0.477. The van der Waals surface area contributed by atoms with Gasteiger partial charge in [-0.25, -0.2) is 5.84 Å². The van der Waals surface area contributed by atoms with E-state index in [0.717, 1.165) is 12.3 Å². The lowest BCUT2D eigenvalue weighted by molar-refractivity contribution is 0.0953. The van der Waals surface area contributed by atoms with E-state index in [9.17, 15) is 4.79 Å². The number of amides is 1. The molecule has 1 saturated carbocycles. The second kappa shape index (κ2) is 5.82. The van der Waals surface area contributed by atoms with Crippen LogP contribution in [0.15, 0.2) is 24.3 Å². The van der Waals surface area contributed by atoms with Crippen LogP contribution in [0.4, 0.5) is 0 Å². The van der Waals surface area contributed by atoms with Gasteiger partial charge in [0.05, 0.1) is 0 Å². The fourth-order valence-corrected chi connectivity index (χ4v) is 2.60. The van der Waals surface area contributed by atoms with Crippen molar-refractivity contribution in [2.75, 3.05) is 0 Å². The van der Waals surface area contributed by atoms with Gasteiger partial charge in [0, 0.05) is 5.56 Å². The molecule has 92 valence electrons. The number of hydrogen-bond acceptors (Lipinski definition) is 2. The molecule has 0 spiro atoms. The van der Waals surface area contributed by atoms with Crippen molar-refractivity contribution >= 4 is 5.91 Å². The molecule has 1 aromatic carbocycles. The number of rotatable bonds is 3. The Labute approximate surface area is 102 Å². The molecular formula is C14H20N2O. The molecular weight excluding hydrogens is 212 g/mol. The summed E-state index contributed by atoms with van der Waals surface area (Å²) >= 11 is 0. The number of nitrogens with one attached hydrogen (secondary N) is 1. The van der Waals surface area contributed by atoms with Crippen molar-refractivity contribution in [3.63, 3.8) is 0 Å². The maximum atomic E-state index is 11.3. The summed E-state index contributed by atoms with van der Waals surface area (Å²) in [4.78, 5) is 11.3. The largest absolute Gasteiger partial charge is 0.290 e. The van der Waals surface area contributed by atoms with Crippen LogP contribution >= 0.6 is 0 Å². The third-order valence-electron chi connectivity index (χ3n) is 3.60. The van der Waals surface area contributed by atoms with E-state index < -0.39 is 0 Å². The molecule has 1 aliphatic carbocycles. The van der Waals surface area contributed by atoms with Gasteiger partial charge in [-0.05, 0) is 30.0 Å². The van der Waals surface area contributed by atoms with E-state index >= 15 is 0 Å². The molecule has 2 rings (SSSR count). The standard InChI is InChI=1S/C14H20N2O/c15-16-14(17)13-8-6-12(7-9-13)10-11-4-2-1-3-5-11/h6-9,11H,1-5,10,15H2,(H,16,17). The highest BCUT2D eigenvalue weighted by Gasteiger charge is 2.14. The van der Waals surface area contributed by atoms with E-state index in [1.165, 1.54) is 37.7 Å². The van der Waals surface area contributed by atoms with Crippen LogP contribution < -0.4 is 11.3 Å². The second-order valence-electron chi connectivity index (χ2n) is 4.88. The Morgan fingerprint density at radius 2 is 1.82 bits per heavy atom. The number of carbonyl (C=O) groups is 1. The van der Waals surface area contributed by atoms with Gasteiger partial charge in [-0.2, -0.15) is 0 Å². The third-order valence-corrected chi connectivity index (χ3v) is 3.60. The Bertz CT molecular complexity index is 366. The molecule has 0 radical (unpaired) electrons. The summed E-state index contributed by atoms with van der Waals surface area (Å²) in [6.45, 7) is 0. The highest BCUT2D eigenvalue weighted by molar-refractivity contribution is 5.93. The zero-order chi connectivity index (χ0) is 12.1. The molecule has 0 aromatic heterocycles. The Morgan fingerprint density at radius 1 is 1.18 bits per heavy atom. The number of carbonyl (C=O) groups excluding carboxylic acids is 1. The van der Waals surface area contributed by atoms with E-state index in [-0.39, 0.29) is 5.91 Å². The predicted octanol–water partition coefficient (Wildman–Crippen LogP) is 2.41. The molecule has 0 saturated heterocycles. The molecule has 0 atom stereocenters. The fourth-order valence-electron chi connectivity index (χ4n) is 2.60. The molecule has 1 fully saturated rings. The van der Waals surface area contributed by atoms with Gasteiger partial charge in [-0.3, -0.25) is 10.2 Å². The molecule has 17 heavy (non-hydrogen) atoms. The lowest BCUT2D eigenvalue weighted by Crippen LogP contribution is -2.29. The molecule has 0 bridgehead atoms. The number of nitrogen functional groups attached to an aromatic ring is 1. The van der Waals surface area contributed by atoms with Crippen LogP contribution in [0.2, 0.25) is 0 Å². The highest BCUT2D eigenvalue weighted by atomic mass is 16.2. The Balaban J connectivity index is 1.95. The van der Waals surface area contributed by atoms with Crippen molar-refractivity contribution in [3.8, 4) is 0 Å². The van der Waals surface area contributed by atoms with Gasteiger partial charge in [0.25, 0.3) is 5.91 Å². The van der Waals surface area contributed by atoms with Crippen LogP contribution in [0.25, 0.3) is 0 Å². The maximum Gasteiger partial charge on any atom is 0.265 e. The minimum absolute atomic E-state index is 0.228. The van der Waals surface area contributed by atoms with Gasteiger partial charge in [0.1, 0.15) is 0 Å². The number of benzene rings is 1. The van der Waals surface area contributed by atoms with E-state index in [0.29, 0.717) is 5.56 Å². The van der Waals surface area contributed by atoms with Crippen molar-refractivity contribution in [3.05, 3.63) is 35.4 Å². The first-order valence-corrected chi connectivity index (χ1v) is 6.39. The van der Waals surface area contributed by atoms with Crippen molar-refractivity contribution in [1.29, 1.82) is 0 Å². The first-order chi connectivity index (χ1) is 8.29. The molecule has 1 aliphatic rings. The summed E-state index contributed by atoms with van der Waals surface area (Å²) in [6, 6.07) is 7.78. The molecule has 0 aliphatic heterocycles. The topological polar surface area (TPSA) is 55.1 Å². The van der Waals surface area contributed by atoms with Crippen molar-refractivity contribution < 1.29 is 4.79 Å². The van der Waals surface area contributed by atoms with Gasteiger partial charge in [0.15, 0.2) is 0 Å². The first kappa shape index (κ1) is 12.1. The Kier molecular flexibility index (Phi) is 4.15. The van der Waals surface area contributed by atoms with Gasteiger partial charge < -0.3 is 0 Å². The van der Waals surface area contributed by atoms with Crippen LogP contribution in [0.1, 0.15) is 48.0 Å². The SMILES string of the molecule is NNC(=O)c1ccc(CC2CCCCC2)cc1. The lowest BCUT2D eigenvalue weighted by Gasteiger charge is -2.21. The average Bonchev–Trinajstić information content (AvgIpc) is 2.40. The van der Waals surface area contributed by atoms with Gasteiger partial charge in [0.2, 0.25) is 0 Å². The monoisotopic (exact) mass is 232 g/mol. The van der Waals surface area contributed by atoms with Crippen molar-refractivity contribution in [1.82, 2.24) is 5.43 Å². The Hall–Kier alpha value is -1.35. The van der Waals surface area contributed by atoms with Crippen molar-refractivity contribution in [2.45, 2.75) is 38.5 Å². The summed E-state index contributed by atoms with van der Waals surface area (Å²) in [5, 5.41) is 0. The van der Waals surface area contributed by atoms with E-state index in [1.54, 1.807) is 0 Å². The molecule has 0 unspecified atom stereocenters. The van der Waals surface area contributed by atoms with Crippen LogP contribution in [0.5, 0.6) is 0 Å². The Morgan fingerprint density at radius 3 is 2.41 bits per heavy atom. The molecule has 3 nitrogen and oxygen atoms in total. The van der Waals surface area contributed by atoms with Crippen LogP contribution in [-0.4, -0.2) is 5.91 Å². The highest BCUT2D eigenvalue weighted by Crippen LogP contribution is 2.26. The van der Waals surface area contributed by atoms with Gasteiger partial charge >= 0.3 is 0 Å². The smallest absolute Gasteiger partial charge is 0.265 e. The fraction of sp³-hybridized carbons (Fsp3) is 0.500. The first-order valence-electron chi connectivity index (χ1n) is 6.39. The summed E-state index contributed by atoms with van der Waals surface area (Å²) in [7, 11) is 0. The average molecular weight is 232 g/mol. The predicted molar refractivity (Wildman–Crippen MR) is 68.4 cm³/mol. The van der Waals surface area contributed by atoms with Crippen LogP contribution in [0, 0.1) is 5.92 Å². The van der Waals surface area contributed by atoms with Gasteiger partial charge in [-0.15, -0.1) is 0 Å². The zero-order valence-electron chi connectivity index (χ0n) is 10.1. The summed E-state index contributed by atoms with van der Waals surface area (Å²) < 4.78 is 0. The molecule has 3 heteroatoms. The van der Waals surface area contributed by atoms with Crippen LogP contribution in [-0.2, 0) is 6.42 Å². The number of hydrogen-bond donors (Lipinski definition) is 2. The molecule has 1 aromatic rings. The normalized spacial score (nSPS) is 16.8. The number of nitrogens with two attached hydrogens (primary N) is 1. The minimum Gasteiger partial charge on any atom is -0.290 e. The van der Waals surface area contributed by atoms with E-state index in [1.807, 2.05) is 24.3 Å².